The Morgan fingerprint density at radius 3 is 3.00 bits per heavy atom. The minimum atomic E-state index is -0.969. The molecule has 0 radical (unpaired) electrons. The van der Waals surface area contributed by atoms with Gasteiger partial charge < -0.3 is 14.8 Å². The number of hydrogen-bond acceptors (Lipinski definition) is 3. The second kappa shape index (κ2) is 4.57. The number of imidazole rings is 1. The highest BCUT2D eigenvalue weighted by molar-refractivity contribution is 5.90. The number of nitrogens with zero attached hydrogens (tertiary/aromatic N) is 2. The van der Waals surface area contributed by atoms with Crippen molar-refractivity contribution < 1.29 is 15.0 Å². The van der Waals surface area contributed by atoms with Crippen LogP contribution in [0.15, 0.2) is 18.0 Å². The summed E-state index contributed by atoms with van der Waals surface area (Å²) in [6.45, 7) is 1.92. The predicted octanol–water partition coefficient (Wildman–Crippen LogP) is 0.363. The van der Waals surface area contributed by atoms with Crippen molar-refractivity contribution in [1.29, 1.82) is 0 Å². The molecule has 1 rings (SSSR count). The minimum absolute atomic E-state index is 0.00329. The van der Waals surface area contributed by atoms with E-state index < -0.39 is 5.97 Å². The third kappa shape index (κ3) is 2.43. The van der Waals surface area contributed by atoms with Gasteiger partial charge in [0.2, 0.25) is 0 Å². The van der Waals surface area contributed by atoms with E-state index in [4.69, 9.17) is 10.2 Å². The van der Waals surface area contributed by atoms with Crippen LogP contribution >= 0.6 is 0 Å². The summed E-state index contributed by atoms with van der Waals surface area (Å²) in [5, 5.41) is 17.4. The van der Waals surface area contributed by atoms with E-state index in [1.165, 1.54) is 13.0 Å². The van der Waals surface area contributed by atoms with Crippen molar-refractivity contribution in [2.24, 2.45) is 0 Å². The van der Waals surface area contributed by atoms with Crippen molar-refractivity contribution in [3.05, 3.63) is 23.8 Å². The molecular formula is C9H12N2O3. The monoisotopic (exact) mass is 196 g/mol. The van der Waals surface area contributed by atoms with E-state index in [0.29, 0.717) is 12.4 Å². The van der Waals surface area contributed by atoms with Crippen LogP contribution in [0.2, 0.25) is 0 Å². The number of aliphatic hydroxyl groups is 1. The number of rotatable bonds is 4. The van der Waals surface area contributed by atoms with Crippen LogP contribution in [0.4, 0.5) is 0 Å². The van der Waals surface area contributed by atoms with E-state index in [-0.39, 0.29) is 12.2 Å². The van der Waals surface area contributed by atoms with Crippen molar-refractivity contribution in [3.63, 3.8) is 0 Å². The van der Waals surface area contributed by atoms with Gasteiger partial charge in [-0.25, -0.2) is 9.78 Å². The highest BCUT2D eigenvalue weighted by Crippen LogP contribution is 2.04. The number of aliphatic hydroxyl groups excluding tert-OH is 1. The van der Waals surface area contributed by atoms with Crippen molar-refractivity contribution in [3.8, 4) is 0 Å². The lowest BCUT2D eigenvalue weighted by molar-refractivity contribution is -0.132. The number of aromatic nitrogens is 2. The van der Waals surface area contributed by atoms with E-state index in [2.05, 4.69) is 4.98 Å². The Labute approximate surface area is 81.3 Å². The van der Waals surface area contributed by atoms with Crippen LogP contribution in [0.1, 0.15) is 12.7 Å². The Hall–Kier alpha value is -1.62. The Bertz CT molecular complexity index is 355. The van der Waals surface area contributed by atoms with Crippen LogP contribution in [-0.4, -0.2) is 32.3 Å². The first-order valence-corrected chi connectivity index (χ1v) is 4.18. The first kappa shape index (κ1) is 10.5. The smallest absolute Gasteiger partial charge is 0.331 e. The minimum Gasteiger partial charge on any atom is -0.478 e. The largest absolute Gasteiger partial charge is 0.478 e. The molecule has 0 amide bonds. The van der Waals surface area contributed by atoms with Gasteiger partial charge in [-0.15, -0.1) is 0 Å². The van der Waals surface area contributed by atoms with Gasteiger partial charge in [-0.3, -0.25) is 0 Å². The fourth-order valence-corrected chi connectivity index (χ4v) is 1.01. The van der Waals surface area contributed by atoms with Gasteiger partial charge in [0.15, 0.2) is 0 Å². The molecule has 0 atom stereocenters. The molecule has 0 spiro atoms. The van der Waals surface area contributed by atoms with E-state index >= 15 is 0 Å². The maximum atomic E-state index is 10.5. The van der Waals surface area contributed by atoms with Gasteiger partial charge in [-0.05, 0) is 13.0 Å². The SMILES string of the molecule is CC(=Cc1nccn1CCO)C(=O)O. The van der Waals surface area contributed by atoms with Gasteiger partial charge >= 0.3 is 5.97 Å². The molecule has 0 aliphatic heterocycles. The third-order valence-electron chi connectivity index (χ3n) is 1.77. The van der Waals surface area contributed by atoms with Crippen molar-refractivity contribution in [2.45, 2.75) is 13.5 Å². The lowest BCUT2D eigenvalue weighted by Crippen LogP contribution is -2.04. The van der Waals surface area contributed by atoms with Crippen LogP contribution in [0, 0.1) is 0 Å². The average Bonchev–Trinajstić information content (AvgIpc) is 2.53. The van der Waals surface area contributed by atoms with Crippen LogP contribution in [0.5, 0.6) is 0 Å². The molecule has 2 N–H and O–H groups in total. The summed E-state index contributed by atoms with van der Waals surface area (Å²) in [7, 11) is 0. The maximum Gasteiger partial charge on any atom is 0.331 e. The Morgan fingerprint density at radius 1 is 1.71 bits per heavy atom. The van der Waals surface area contributed by atoms with Gasteiger partial charge in [0, 0.05) is 24.5 Å². The summed E-state index contributed by atoms with van der Waals surface area (Å²) in [5.74, 6) is -0.428. The van der Waals surface area contributed by atoms with E-state index in [1.807, 2.05) is 0 Å². The highest BCUT2D eigenvalue weighted by atomic mass is 16.4. The van der Waals surface area contributed by atoms with Gasteiger partial charge in [-0.2, -0.15) is 0 Å². The fraction of sp³-hybridized carbons (Fsp3) is 0.333. The van der Waals surface area contributed by atoms with Crippen molar-refractivity contribution >= 4 is 12.0 Å². The highest BCUT2D eigenvalue weighted by Gasteiger charge is 2.03. The summed E-state index contributed by atoms with van der Waals surface area (Å²) >= 11 is 0. The van der Waals surface area contributed by atoms with Gasteiger partial charge in [0.1, 0.15) is 5.82 Å². The van der Waals surface area contributed by atoms with E-state index in [0.717, 1.165) is 0 Å². The molecule has 0 fully saturated rings. The molecule has 76 valence electrons. The predicted molar refractivity (Wildman–Crippen MR) is 50.6 cm³/mol. The first-order valence-electron chi connectivity index (χ1n) is 4.18. The quantitative estimate of drug-likeness (QED) is 0.682. The second-order valence-corrected chi connectivity index (χ2v) is 2.83. The number of aliphatic carboxylic acids is 1. The molecule has 1 heterocycles. The zero-order chi connectivity index (χ0) is 10.6. The Morgan fingerprint density at radius 2 is 2.43 bits per heavy atom. The summed E-state index contributed by atoms with van der Waals surface area (Å²) < 4.78 is 1.69. The molecule has 0 saturated carbocycles. The summed E-state index contributed by atoms with van der Waals surface area (Å²) in [5.41, 5.74) is 0.218. The topological polar surface area (TPSA) is 75.3 Å². The zero-order valence-corrected chi connectivity index (χ0v) is 7.84. The van der Waals surface area contributed by atoms with E-state index in [9.17, 15) is 4.79 Å². The Balaban J connectivity index is 2.90. The molecule has 0 aliphatic rings. The molecule has 1 aromatic rings. The summed E-state index contributed by atoms with van der Waals surface area (Å²) in [6.07, 6.45) is 4.73. The van der Waals surface area contributed by atoms with Crippen molar-refractivity contribution in [1.82, 2.24) is 9.55 Å². The lowest BCUT2D eigenvalue weighted by atomic mass is 10.3. The van der Waals surface area contributed by atoms with E-state index in [1.54, 1.807) is 17.0 Å². The average molecular weight is 196 g/mol. The maximum absolute atomic E-state index is 10.5. The molecule has 0 saturated heterocycles. The molecule has 5 heteroatoms. The third-order valence-corrected chi connectivity index (χ3v) is 1.77. The van der Waals surface area contributed by atoms with Crippen molar-refractivity contribution in [2.75, 3.05) is 6.61 Å². The second-order valence-electron chi connectivity index (χ2n) is 2.83. The first-order chi connectivity index (χ1) is 6.65. The molecule has 1 aromatic heterocycles. The summed E-state index contributed by atoms with van der Waals surface area (Å²) in [4.78, 5) is 14.5. The normalized spacial score (nSPS) is 11.7. The summed E-state index contributed by atoms with van der Waals surface area (Å²) in [6, 6.07) is 0. The molecule has 0 unspecified atom stereocenters. The van der Waals surface area contributed by atoms with Gasteiger partial charge in [0.05, 0.1) is 6.61 Å². The molecular weight excluding hydrogens is 184 g/mol. The number of hydrogen-bond donors (Lipinski definition) is 2. The van der Waals surface area contributed by atoms with Crippen LogP contribution < -0.4 is 0 Å². The van der Waals surface area contributed by atoms with Crippen LogP contribution in [0.3, 0.4) is 0 Å². The molecule has 14 heavy (non-hydrogen) atoms. The van der Waals surface area contributed by atoms with Gasteiger partial charge in [-0.1, -0.05) is 0 Å². The number of carboxylic acids is 1. The number of carboxylic acid groups (broad SMARTS) is 1. The molecule has 0 aromatic carbocycles. The Kier molecular flexibility index (Phi) is 3.41. The van der Waals surface area contributed by atoms with Crippen LogP contribution in [-0.2, 0) is 11.3 Å². The fourth-order valence-electron chi connectivity index (χ4n) is 1.01. The van der Waals surface area contributed by atoms with Crippen LogP contribution in [0.25, 0.3) is 6.08 Å². The lowest BCUT2D eigenvalue weighted by Gasteiger charge is -2.01. The molecule has 0 bridgehead atoms. The standard InChI is InChI=1S/C9H12N2O3/c1-7(9(13)14)6-8-10-2-3-11(8)4-5-12/h2-3,6,12H,4-5H2,1H3,(H,13,14). The zero-order valence-electron chi connectivity index (χ0n) is 7.84. The number of carbonyl (C=O) groups is 1. The molecule has 0 aliphatic carbocycles. The van der Waals surface area contributed by atoms with Gasteiger partial charge in [0.25, 0.3) is 0 Å². The molecule has 5 nitrogen and oxygen atoms in total.